The van der Waals surface area contributed by atoms with E-state index in [0.29, 0.717) is 17.3 Å². The maximum Gasteiger partial charge on any atom is 0.308 e. The number of carbonyl (C=O) groups excluding carboxylic acids is 1. The van der Waals surface area contributed by atoms with E-state index in [1.54, 1.807) is 22.8 Å². The van der Waals surface area contributed by atoms with Crippen LogP contribution in [0, 0.1) is 0 Å². The number of nitrogens with one attached hydrogen (secondary N) is 1. The summed E-state index contributed by atoms with van der Waals surface area (Å²) in [6.45, 7) is 4.13. The zero-order valence-electron chi connectivity index (χ0n) is 12.8. The molecule has 1 N–H and O–H groups in total. The molecular formula is C18H15ClN2O2S. The molecule has 122 valence electrons. The van der Waals surface area contributed by atoms with Crippen molar-refractivity contribution in [2.45, 2.75) is 13.0 Å². The summed E-state index contributed by atoms with van der Waals surface area (Å²) in [6.07, 6.45) is 1.89. The minimum atomic E-state index is -0.152. The van der Waals surface area contributed by atoms with Crippen molar-refractivity contribution in [3.8, 4) is 0 Å². The Morgan fingerprint density at radius 1 is 1.29 bits per heavy atom. The summed E-state index contributed by atoms with van der Waals surface area (Å²) in [5.41, 5.74) is 2.28. The van der Waals surface area contributed by atoms with E-state index >= 15 is 0 Å². The van der Waals surface area contributed by atoms with Gasteiger partial charge in [0, 0.05) is 17.3 Å². The number of aromatic nitrogens is 1. The van der Waals surface area contributed by atoms with E-state index in [1.807, 2.05) is 30.3 Å². The number of benzene rings is 2. The predicted octanol–water partition coefficient (Wildman–Crippen LogP) is 4.08. The Morgan fingerprint density at radius 3 is 2.83 bits per heavy atom. The fourth-order valence-electron chi connectivity index (χ4n) is 2.47. The molecule has 1 heterocycles. The van der Waals surface area contributed by atoms with Crippen molar-refractivity contribution in [3.63, 3.8) is 0 Å². The van der Waals surface area contributed by atoms with Crippen LogP contribution >= 0.6 is 22.9 Å². The number of anilines is 1. The Morgan fingerprint density at radius 2 is 2.08 bits per heavy atom. The van der Waals surface area contributed by atoms with Gasteiger partial charge in [0.25, 0.3) is 0 Å². The first kappa shape index (κ1) is 16.5. The van der Waals surface area contributed by atoms with Crippen LogP contribution in [0.4, 0.5) is 5.69 Å². The number of thiazole rings is 1. The predicted molar refractivity (Wildman–Crippen MR) is 100 cm³/mol. The number of hydrogen-bond donors (Lipinski definition) is 1. The van der Waals surface area contributed by atoms with Gasteiger partial charge in [-0.2, -0.15) is 0 Å². The van der Waals surface area contributed by atoms with Crippen LogP contribution in [0.3, 0.4) is 0 Å². The van der Waals surface area contributed by atoms with Crippen LogP contribution in [0.25, 0.3) is 10.2 Å². The van der Waals surface area contributed by atoms with E-state index in [0.717, 1.165) is 27.1 Å². The number of fused-ring (bicyclic) bond motifs is 1. The summed E-state index contributed by atoms with van der Waals surface area (Å²) in [7, 11) is 0. The van der Waals surface area contributed by atoms with Gasteiger partial charge in [-0.25, -0.2) is 0 Å². The van der Waals surface area contributed by atoms with Crippen molar-refractivity contribution in [1.82, 2.24) is 4.57 Å². The van der Waals surface area contributed by atoms with Crippen molar-refractivity contribution < 1.29 is 4.79 Å². The first-order valence-corrected chi connectivity index (χ1v) is 8.55. The van der Waals surface area contributed by atoms with Gasteiger partial charge in [0.15, 0.2) is 0 Å². The standard InChI is InChI=1S/C18H15ClN2O2S/c1-2-9-21-15-8-7-13(11-16(15)24-18(21)23)20-17(22)10-12-5-3-4-6-14(12)19/h2-8,11H,1,9-10H2,(H,20,22). The summed E-state index contributed by atoms with van der Waals surface area (Å²) < 4.78 is 2.49. The Hall–Kier alpha value is -2.37. The average Bonchev–Trinajstić information content (AvgIpc) is 2.85. The van der Waals surface area contributed by atoms with E-state index in [-0.39, 0.29) is 17.2 Å². The van der Waals surface area contributed by atoms with Crippen molar-refractivity contribution in [1.29, 1.82) is 0 Å². The van der Waals surface area contributed by atoms with Gasteiger partial charge in [-0.1, -0.05) is 47.2 Å². The number of amides is 1. The molecule has 0 bridgehead atoms. The number of halogens is 1. The van der Waals surface area contributed by atoms with Gasteiger partial charge >= 0.3 is 4.87 Å². The minimum absolute atomic E-state index is 0.0376. The van der Waals surface area contributed by atoms with Crippen molar-refractivity contribution >= 4 is 44.7 Å². The molecule has 0 aliphatic heterocycles. The highest BCUT2D eigenvalue weighted by Gasteiger charge is 2.10. The molecule has 0 saturated heterocycles. The van der Waals surface area contributed by atoms with Crippen molar-refractivity contribution in [3.05, 3.63) is 75.4 Å². The molecule has 0 unspecified atom stereocenters. The molecule has 0 aliphatic carbocycles. The lowest BCUT2D eigenvalue weighted by molar-refractivity contribution is -0.115. The van der Waals surface area contributed by atoms with Crippen LogP contribution in [0.2, 0.25) is 5.02 Å². The maximum atomic E-state index is 12.2. The summed E-state index contributed by atoms with van der Waals surface area (Å²) in [6, 6.07) is 12.7. The molecular weight excluding hydrogens is 344 g/mol. The van der Waals surface area contributed by atoms with Gasteiger partial charge in [0.05, 0.1) is 16.6 Å². The highest BCUT2D eigenvalue weighted by Crippen LogP contribution is 2.22. The molecule has 3 aromatic rings. The number of hydrogen-bond acceptors (Lipinski definition) is 3. The zero-order chi connectivity index (χ0) is 17.1. The molecule has 2 aromatic carbocycles. The monoisotopic (exact) mass is 358 g/mol. The molecule has 1 aromatic heterocycles. The van der Waals surface area contributed by atoms with Gasteiger partial charge in [0.1, 0.15) is 0 Å². The highest BCUT2D eigenvalue weighted by atomic mass is 35.5. The molecule has 0 spiro atoms. The smallest absolute Gasteiger partial charge is 0.308 e. The molecule has 1 amide bonds. The number of rotatable bonds is 5. The maximum absolute atomic E-state index is 12.2. The average molecular weight is 359 g/mol. The Labute approximate surface area is 148 Å². The number of nitrogens with zero attached hydrogens (tertiary/aromatic N) is 1. The summed E-state index contributed by atoms with van der Waals surface area (Å²) in [5, 5.41) is 3.42. The Bertz CT molecular complexity index is 975. The van der Waals surface area contributed by atoms with Crippen LogP contribution in [0.15, 0.2) is 59.9 Å². The molecule has 6 heteroatoms. The van der Waals surface area contributed by atoms with Crippen molar-refractivity contribution in [2.75, 3.05) is 5.32 Å². The van der Waals surface area contributed by atoms with E-state index in [9.17, 15) is 9.59 Å². The second kappa shape index (κ2) is 7.03. The molecule has 3 rings (SSSR count). The fourth-order valence-corrected chi connectivity index (χ4v) is 3.61. The molecule has 24 heavy (non-hydrogen) atoms. The minimum Gasteiger partial charge on any atom is -0.326 e. The van der Waals surface area contributed by atoms with Crippen LogP contribution in [0.5, 0.6) is 0 Å². The lowest BCUT2D eigenvalue weighted by atomic mass is 10.1. The molecule has 0 radical (unpaired) electrons. The summed E-state index contributed by atoms with van der Waals surface area (Å²) >= 11 is 7.23. The topological polar surface area (TPSA) is 51.1 Å². The quantitative estimate of drug-likeness (QED) is 0.698. The number of carbonyl (C=O) groups is 1. The molecule has 4 nitrogen and oxygen atoms in total. The van der Waals surface area contributed by atoms with Crippen LogP contribution in [-0.4, -0.2) is 10.5 Å². The van der Waals surface area contributed by atoms with E-state index in [2.05, 4.69) is 11.9 Å². The van der Waals surface area contributed by atoms with Gasteiger partial charge in [-0.3, -0.25) is 14.2 Å². The van der Waals surface area contributed by atoms with E-state index in [4.69, 9.17) is 11.6 Å². The summed E-state index contributed by atoms with van der Waals surface area (Å²) in [5.74, 6) is -0.152. The van der Waals surface area contributed by atoms with E-state index in [1.165, 1.54) is 0 Å². The first-order chi connectivity index (χ1) is 11.6. The third-order valence-corrected chi connectivity index (χ3v) is 4.88. The third-order valence-electron chi connectivity index (χ3n) is 3.57. The Kier molecular flexibility index (Phi) is 4.83. The molecule has 0 saturated carbocycles. The van der Waals surface area contributed by atoms with Gasteiger partial charge in [0.2, 0.25) is 5.91 Å². The SMILES string of the molecule is C=CCn1c(=O)sc2cc(NC(=O)Cc3ccccc3Cl)ccc21. The van der Waals surface area contributed by atoms with Gasteiger partial charge < -0.3 is 5.32 Å². The highest BCUT2D eigenvalue weighted by molar-refractivity contribution is 7.16. The van der Waals surface area contributed by atoms with Crippen molar-refractivity contribution in [2.24, 2.45) is 0 Å². The number of allylic oxidation sites excluding steroid dienone is 1. The third kappa shape index (κ3) is 3.42. The molecule has 0 atom stereocenters. The summed E-state index contributed by atoms with van der Waals surface area (Å²) in [4.78, 5) is 24.1. The second-order valence-corrected chi connectivity index (χ2v) is 6.67. The lowest BCUT2D eigenvalue weighted by Crippen LogP contribution is -2.14. The first-order valence-electron chi connectivity index (χ1n) is 7.36. The normalized spacial score (nSPS) is 10.7. The zero-order valence-corrected chi connectivity index (χ0v) is 14.4. The van der Waals surface area contributed by atoms with E-state index < -0.39 is 0 Å². The van der Waals surface area contributed by atoms with Gasteiger partial charge in [-0.15, -0.1) is 6.58 Å². The van der Waals surface area contributed by atoms with Gasteiger partial charge in [-0.05, 0) is 29.8 Å². The molecule has 0 aliphatic rings. The fraction of sp³-hybridized carbons (Fsp3) is 0.111. The second-order valence-electron chi connectivity index (χ2n) is 5.27. The lowest BCUT2D eigenvalue weighted by Gasteiger charge is -2.07. The largest absolute Gasteiger partial charge is 0.326 e. The van der Waals surface area contributed by atoms with Crippen LogP contribution in [0.1, 0.15) is 5.56 Å². The van der Waals surface area contributed by atoms with Crippen LogP contribution in [-0.2, 0) is 17.8 Å². The Balaban J connectivity index is 1.80. The van der Waals surface area contributed by atoms with Crippen LogP contribution < -0.4 is 10.2 Å². The molecule has 0 fully saturated rings.